The summed E-state index contributed by atoms with van der Waals surface area (Å²) < 4.78 is 0. The first-order chi connectivity index (χ1) is 3.80. The summed E-state index contributed by atoms with van der Waals surface area (Å²) in [5.74, 6) is 0.698. The highest BCUT2D eigenvalue weighted by Crippen LogP contribution is 2.17. The molecule has 0 aliphatic heterocycles. The van der Waals surface area contributed by atoms with E-state index in [9.17, 15) is 0 Å². The number of rotatable bonds is 0. The first-order valence-corrected chi connectivity index (χ1v) is 3.42. The molecule has 0 aromatic rings. The summed E-state index contributed by atoms with van der Waals surface area (Å²) in [5, 5.41) is 5.69. The van der Waals surface area contributed by atoms with Gasteiger partial charge < -0.3 is 0 Å². The predicted molar refractivity (Wildman–Crippen MR) is 34.6 cm³/mol. The van der Waals surface area contributed by atoms with Crippen LogP contribution >= 0.6 is 0 Å². The van der Waals surface area contributed by atoms with Gasteiger partial charge in [-0.1, -0.05) is 13.3 Å². The second kappa shape index (κ2) is 2.29. The number of nitrogens with two attached hydrogens (primary N) is 1. The van der Waals surface area contributed by atoms with Crippen LogP contribution in [0, 0.1) is 5.92 Å². The molecule has 2 N–H and O–H groups in total. The normalized spacial score (nSPS) is 30.6. The van der Waals surface area contributed by atoms with Crippen LogP contribution in [0.25, 0.3) is 0 Å². The van der Waals surface area contributed by atoms with Crippen molar-refractivity contribution in [2.45, 2.75) is 32.6 Å². The number of hydrogen-bond donors (Lipinski definition) is 1. The van der Waals surface area contributed by atoms with Gasteiger partial charge in [0.1, 0.15) is 0 Å². The molecule has 1 saturated carbocycles. The maximum Gasteiger partial charge on any atom is 0.151 e. The van der Waals surface area contributed by atoms with Crippen LogP contribution in [0.1, 0.15) is 32.6 Å². The van der Waals surface area contributed by atoms with Gasteiger partial charge in [0.05, 0.1) is 0 Å². The van der Waals surface area contributed by atoms with Crippen LogP contribution in [-0.2, 0) is 0 Å². The molecule has 0 spiro atoms. The maximum atomic E-state index is 5.69. The van der Waals surface area contributed by atoms with E-state index in [1.165, 1.54) is 31.4 Å². The summed E-state index contributed by atoms with van der Waals surface area (Å²) in [6.07, 6.45) is 5.17. The molecule has 1 heteroatoms. The quantitative estimate of drug-likeness (QED) is 0.469. The van der Waals surface area contributed by atoms with Crippen LogP contribution < -0.4 is 5.41 Å². The maximum absolute atomic E-state index is 5.69. The van der Waals surface area contributed by atoms with Crippen molar-refractivity contribution < 1.29 is 5.41 Å². The van der Waals surface area contributed by atoms with Gasteiger partial charge in [0, 0.05) is 12.3 Å². The molecular weight excluding hydrogens is 98.1 g/mol. The summed E-state index contributed by atoms with van der Waals surface area (Å²) >= 11 is 0. The number of hydrogen-bond acceptors (Lipinski definition) is 0. The van der Waals surface area contributed by atoms with Gasteiger partial charge in [-0.15, -0.1) is 0 Å². The van der Waals surface area contributed by atoms with Gasteiger partial charge in [-0.05, 0) is 12.8 Å². The van der Waals surface area contributed by atoms with Crippen LogP contribution in [0.15, 0.2) is 0 Å². The van der Waals surface area contributed by atoms with E-state index in [-0.39, 0.29) is 0 Å². The SMILES string of the molecule is CC1CCCCC1=[NH2+]. The predicted octanol–water partition coefficient (Wildman–Crippen LogP) is 0.397. The summed E-state index contributed by atoms with van der Waals surface area (Å²) in [7, 11) is 0. The van der Waals surface area contributed by atoms with Gasteiger partial charge in [0.25, 0.3) is 0 Å². The van der Waals surface area contributed by atoms with Crippen molar-refractivity contribution in [2.24, 2.45) is 5.92 Å². The largest absolute Gasteiger partial charge is 0.261 e. The van der Waals surface area contributed by atoms with Gasteiger partial charge >= 0.3 is 0 Å². The first kappa shape index (κ1) is 5.80. The van der Waals surface area contributed by atoms with Gasteiger partial charge in [-0.2, -0.15) is 0 Å². The third-order valence-electron chi connectivity index (χ3n) is 1.99. The summed E-state index contributed by atoms with van der Waals surface area (Å²) in [6.45, 7) is 2.22. The Morgan fingerprint density at radius 2 is 2.25 bits per heavy atom. The fourth-order valence-electron chi connectivity index (χ4n) is 1.21. The molecule has 1 aliphatic carbocycles. The Balaban J connectivity index is 2.39. The van der Waals surface area contributed by atoms with Crippen LogP contribution in [0.2, 0.25) is 0 Å². The molecule has 0 bridgehead atoms. The lowest BCUT2D eigenvalue weighted by molar-refractivity contribution is -0.123. The second-order valence-corrected chi connectivity index (χ2v) is 2.72. The topological polar surface area (TPSA) is 25.6 Å². The van der Waals surface area contributed by atoms with Crippen molar-refractivity contribution in [3.8, 4) is 0 Å². The molecule has 1 fully saturated rings. The highest BCUT2D eigenvalue weighted by Gasteiger charge is 2.17. The third kappa shape index (κ3) is 1.09. The van der Waals surface area contributed by atoms with Crippen molar-refractivity contribution in [1.29, 1.82) is 0 Å². The Kier molecular flexibility index (Phi) is 1.66. The van der Waals surface area contributed by atoms with E-state index in [4.69, 9.17) is 5.41 Å². The summed E-state index contributed by atoms with van der Waals surface area (Å²) in [4.78, 5) is 0. The second-order valence-electron chi connectivity index (χ2n) is 2.72. The highest BCUT2D eigenvalue weighted by molar-refractivity contribution is 5.81. The van der Waals surface area contributed by atoms with Crippen LogP contribution in [-0.4, -0.2) is 5.71 Å². The minimum atomic E-state index is 0.698. The van der Waals surface area contributed by atoms with Crippen LogP contribution in [0.4, 0.5) is 0 Å². The van der Waals surface area contributed by atoms with Crippen molar-refractivity contribution in [1.82, 2.24) is 0 Å². The third-order valence-corrected chi connectivity index (χ3v) is 1.99. The summed E-state index contributed by atoms with van der Waals surface area (Å²) in [6, 6.07) is 0. The Labute approximate surface area is 50.6 Å². The lowest BCUT2D eigenvalue weighted by atomic mass is 9.89. The van der Waals surface area contributed by atoms with E-state index in [2.05, 4.69) is 6.92 Å². The zero-order valence-electron chi connectivity index (χ0n) is 5.48. The molecule has 0 amide bonds. The van der Waals surface area contributed by atoms with E-state index in [1.807, 2.05) is 0 Å². The molecule has 46 valence electrons. The summed E-state index contributed by atoms with van der Waals surface area (Å²) in [5.41, 5.74) is 1.22. The van der Waals surface area contributed by atoms with Crippen LogP contribution in [0.5, 0.6) is 0 Å². The minimum Gasteiger partial charge on any atom is -0.261 e. The minimum absolute atomic E-state index is 0.698. The molecule has 0 heterocycles. The molecule has 1 unspecified atom stereocenters. The molecule has 1 nitrogen and oxygen atoms in total. The average molecular weight is 112 g/mol. The first-order valence-electron chi connectivity index (χ1n) is 3.42. The fraction of sp³-hybridized carbons (Fsp3) is 0.857. The molecular formula is C7H14N+. The van der Waals surface area contributed by atoms with E-state index in [0.717, 1.165) is 0 Å². The van der Waals surface area contributed by atoms with E-state index < -0.39 is 0 Å². The zero-order valence-corrected chi connectivity index (χ0v) is 5.48. The van der Waals surface area contributed by atoms with Crippen LogP contribution in [0.3, 0.4) is 0 Å². The van der Waals surface area contributed by atoms with Gasteiger partial charge in [0.2, 0.25) is 0 Å². The smallest absolute Gasteiger partial charge is 0.151 e. The molecule has 1 atom stereocenters. The van der Waals surface area contributed by atoms with E-state index >= 15 is 0 Å². The monoisotopic (exact) mass is 112 g/mol. The fourth-order valence-corrected chi connectivity index (χ4v) is 1.21. The highest BCUT2D eigenvalue weighted by atomic mass is 14.4. The molecule has 0 aromatic carbocycles. The molecule has 1 aliphatic rings. The lowest BCUT2D eigenvalue weighted by Gasteiger charge is -2.13. The molecule has 0 radical (unpaired) electrons. The van der Waals surface area contributed by atoms with E-state index in [0.29, 0.717) is 5.92 Å². The van der Waals surface area contributed by atoms with Gasteiger partial charge in [0.15, 0.2) is 5.71 Å². The van der Waals surface area contributed by atoms with Gasteiger partial charge in [-0.25, -0.2) is 0 Å². The van der Waals surface area contributed by atoms with Gasteiger partial charge in [-0.3, -0.25) is 5.41 Å². The van der Waals surface area contributed by atoms with Crippen molar-refractivity contribution in [3.63, 3.8) is 0 Å². The Morgan fingerprint density at radius 1 is 1.50 bits per heavy atom. The molecule has 1 rings (SSSR count). The molecule has 8 heavy (non-hydrogen) atoms. The Hall–Kier alpha value is -0.330. The van der Waals surface area contributed by atoms with Crippen molar-refractivity contribution in [3.05, 3.63) is 0 Å². The molecule has 0 saturated heterocycles. The lowest BCUT2D eigenvalue weighted by Crippen LogP contribution is -2.44. The molecule has 0 aromatic heterocycles. The van der Waals surface area contributed by atoms with Crippen molar-refractivity contribution >= 4 is 5.71 Å². The average Bonchev–Trinajstić information content (AvgIpc) is 1.77. The van der Waals surface area contributed by atoms with Crippen molar-refractivity contribution in [2.75, 3.05) is 0 Å². The Bertz CT molecular complexity index is 96.6. The standard InChI is InChI=1S/C7H13N/c1-6-4-2-3-5-7(6)8/h6,8H,2-5H2,1H3/p+1. The zero-order chi connectivity index (χ0) is 5.98. The van der Waals surface area contributed by atoms with E-state index in [1.54, 1.807) is 0 Å². The Morgan fingerprint density at radius 3 is 2.62 bits per heavy atom.